The van der Waals surface area contributed by atoms with Crippen LogP contribution in [-0.4, -0.2) is 30.8 Å². The van der Waals surface area contributed by atoms with Gasteiger partial charge in [0.15, 0.2) is 0 Å². The lowest BCUT2D eigenvalue weighted by Crippen LogP contribution is -2.31. The maximum Gasteiger partial charge on any atom is 0.124 e. The van der Waals surface area contributed by atoms with Crippen LogP contribution in [0.25, 0.3) is 0 Å². The molecule has 1 fully saturated rings. The highest BCUT2D eigenvalue weighted by Gasteiger charge is 2.21. The predicted molar refractivity (Wildman–Crippen MR) is 71.6 cm³/mol. The van der Waals surface area contributed by atoms with Crippen molar-refractivity contribution < 1.29 is 9.47 Å². The highest BCUT2D eigenvalue weighted by Crippen LogP contribution is 2.28. The monoisotopic (exact) mass is 253 g/mol. The standard InChI is InChI=1S/C13H19NO2S/c1-2-16-13-6-4-3-5-11(13)12(14)9-17-10-7-15-8-10/h3-6,10,12H,2,7-9,14H2,1H3. The summed E-state index contributed by atoms with van der Waals surface area (Å²) in [6.07, 6.45) is 0. The lowest BCUT2D eigenvalue weighted by molar-refractivity contribution is 0.0455. The minimum atomic E-state index is 0.0309. The van der Waals surface area contributed by atoms with Crippen LogP contribution < -0.4 is 10.5 Å². The predicted octanol–water partition coefficient (Wildman–Crippen LogP) is 2.22. The van der Waals surface area contributed by atoms with Crippen molar-refractivity contribution in [3.63, 3.8) is 0 Å². The van der Waals surface area contributed by atoms with Crippen LogP contribution in [0.15, 0.2) is 24.3 Å². The molecule has 1 atom stereocenters. The second kappa shape index (κ2) is 6.28. The van der Waals surface area contributed by atoms with E-state index in [4.69, 9.17) is 15.2 Å². The first-order valence-electron chi connectivity index (χ1n) is 5.98. The minimum Gasteiger partial charge on any atom is -0.494 e. The summed E-state index contributed by atoms with van der Waals surface area (Å²) < 4.78 is 10.7. The molecule has 0 spiro atoms. The molecule has 0 saturated carbocycles. The zero-order valence-electron chi connectivity index (χ0n) is 10.1. The van der Waals surface area contributed by atoms with Crippen LogP contribution in [0.2, 0.25) is 0 Å². The van der Waals surface area contributed by atoms with Gasteiger partial charge in [0.05, 0.1) is 25.1 Å². The van der Waals surface area contributed by atoms with Crippen molar-refractivity contribution in [3.8, 4) is 5.75 Å². The molecule has 1 aliphatic heterocycles. The molecule has 1 unspecified atom stereocenters. The van der Waals surface area contributed by atoms with Gasteiger partial charge in [0.2, 0.25) is 0 Å². The highest BCUT2D eigenvalue weighted by atomic mass is 32.2. The SMILES string of the molecule is CCOc1ccccc1C(N)CSC1COC1. The van der Waals surface area contributed by atoms with E-state index in [-0.39, 0.29) is 6.04 Å². The molecular weight excluding hydrogens is 234 g/mol. The first kappa shape index (κ1) is 12.7. The van der Waals surface area contributed by atoms with E-state index in [1.165, 1.54) is 0 Å². The van der Waals surface area contributed by atoms with Gasteiger partial charge in [-0.3, -0.25) is 0 Å². The van der Waals surface area contributed by atoms with Crippen molar-refractivity contribution >= 4 is 11.8 Å². The van der Waals surface area contributed by atoms with Crippen LogP contribution in [-0.2, 0) is 4.74 Å². The highest BCUT2D eigenvalue weighted by molar-refractivity contribution is 8.00. The molecule has 1 heterocycles. The number of hydrogen-bond acceptors (Lipinski definition) is 4. The van der Waals surface area contributed by atoms with Gasteiger partial charge in [-0.25, -0.2) is 0 Å². The van der Waals surface area contributed by atoms with E-state index in [0.29, 0.717) is 11.9 Å². The number of thioether (sulfide) groups is 1. The van der Waals surface area contributed by atoms with Gasteiger partial charge in [-0.1, -0.05) is 18.2 Å². The van der Waals surface area contributed by atoms with Crippen LogP contribution in [0.1, 0.15) is 18.5 Å². The minimum absolute atomic E-state index is 0.0309. The molecule has 2 N–H and O–H groups in total. The molecule has 1 aromatic rings. The Morgan fingerprint density at radius 3 is 2.88 bits per heavy atom. The summed E-state index contributed by atoms with van der Waals surface area (Å²) in [4.78, 5) is 0. The molecule has 0 amide bonds. The molecule has 0 radical (unpaired) electrons. The zero-order chi connectivity index (χ0) is 12.1. The van der Waals surface area contributed by atoms with Gasteiger partial charge >= 0.3 is 0 Å². The van der Waals surface area contributed by atoms with E-state index in [1.807, 2.05) is 43.0 Å². The molecule has 17 heavy (non-hydrogen) atoms. The molecule has 2 rings (SSSR count). The quantitative estimate of drug-likeness (QED) is 0.844. The topological polar surface area (TPSA) is 44.5 Å². The van der Waals surface area contributed by atoms with Crippen molar-refractivity contribution in [2.45, 2.75) is 18.2 Å². The van der Waals surface area contributed by atoms with E-state index in [0.717, 1.165) is 30.3 Å². The lowest BCUT2D eigenvalue weighted by atomic mass is 10.1. The van der Waals surface area contributed by atoms with Crippen molar-refractivity contribution in [1.29, 1.82) is 0 Å². The van der Waals surface area contributed by atoms with Crippen molar-refractivity contribution in [1.82, 2.24) is 0 Å². The summed E-state index contributed by atoms with van der Waals surface area (Å²) in [6.45, 7) is 4.39. The fraction of sp³-hybridized carbons (Fsp3) is 0.538. The summed E-state index contributed by atoms with van der Waals surface area (Å²) in [6, 6.07) is 8.05. The first-order valence-corrected chi connectivity index (χ1v) is 7.02. The molecule has 94 valence electrons. The third-order valence-electron chi connectivity index (χ3n) is 2.74. The van der Waals surface area contributed by atoms with Gasteiger partial charge < -0.3 is 15.2 Å². The molecule has 1 aromatic carbocycles. The third-order valence-corrected chi connectivity index (χ3v) is 4.03. The summed E-state index contributed by atoms with van der Waals surface area (Å²) in [5.74, 6) is 1.82. The van der Waals surface area contributed by atoms with Crippen LogP contribution in [0.3, 0.4) is 0 Å². The van der Waals surface area contributed by atoms with Crippen LogP contribution in [0.5, 0.6) is 5.75 Å². The molecule has 0 aliphatic carbocycles. The largest absolute Gasteiger partial charge is 0.494 e. The molecule has 4 heteroatoms. The lowest BCUT2D eigenvalue weighted by Gasteiger charge is -2.26. The zero-order valence-corrected chi connectivity index (χ0v) is 10.9. The van der Waals surface area contributed by atoms with Gasteiger partial charge in [-0.2, -0.15) is 11.8 Å². The second-order valence-corrected chi connectivity index (χ2v) is 5.40. The second-order valence-electron chi connectivity index (χ2n) is 4.07. The van der Waals surface area contributed by atoms with Gasteiger partial charge in [-0.15, -0.1) is 0 Å². The Bertz CT molecular complexity index is 355. The van der Waals surface area contributed by atoms with Crippen molar-refractivity contribution in [2.75, 3.05) is 25.6 Å². The Balaban J connectivity index is 1.93. The summed E-state index contributed by atoms with van der Waals surface area (Å²) in [5.41, 5.74) is 7.31. The van der Waals surface area contributed by atoms with E-state index >= 15 is 0 Å². The number of benzene rings is 1. The third kappa shape index (κ3) is 3.37. The van der Waals surface area contributed by atoms with E-state index in [9.17, 15) is 0 Å². The molecule has 1 aliphatic rings. The molecular formula is C13H19NO2S. The average molecular weight is 253 g/mol. The number of para-hydroxylation sites is 1. The van der Waals surface area contributed by atoms with Crippen molar-refractivity contribution in [2.24, 2.45) is 5.73 Å². The van der Waals surface area contributed by atoms with Crippen molar-refractivity contribution in [3.05, 3.63) is 29.8 Å². The summed E-state index contributed by atoms with van der Waals surface area (Å²) in [5, 5.41) is 0.625. The Labute approximate surface area is 107 Å². The Morgan fingerprint density at radius 2 is 2.24 bits per heavy atom. The van der Waals surface area contributed by atoms with Gasteiger partial charge in [0.1, 0.15) is 5.75 Å². The Hall–Kier alpha value is -0.710. The van der Waals surface area contributed by atoms with E-state index in [1.54, 1.807) is 0 Å². The normalized spacial score (nSPS) is 17.5. The number of ether oxygens (including phenoxy) is 2. The summed E-state index contributed by atoms with van der Waals surface area (Å²) in [7, 11) is 0. The average Bonchev–Trinajstić information content (AvgIpc) is 2.28. The Kier molecular flexibility index (Phi) is 4.71. The number of hydrogen-bond donors (Lipinski definition) is 1. The number of rotatable bonds is 6. The Morgan fingerprint density at radius 1 is 1.47 bits per heavy atom. The first-order chi connectivity index (χ1) is 8.31. The molecule has 0 bridgehead atoms. The summed E-state index contributed by atoms with van der Waals surface area (Å²) >= 11 is 1.89. The molecule has 0 aromatic heterocycles. The maximum atomic E-state index is 6.21. The fourth-order valence-corrected chi connectivity index (χ4v) is 2.76. The van der Waals surface area contributed by atoms with Crippen LogP contribution in [0.4, 0.5) is 0 Å². The van der Waals surface area contributed by atoms with Gasteiger partial charge in [-0.05, 0) is 13.0 Å². The molecule has 1 saturated heterocycles. The molecule has 3 nitrogen and oxygen atoms in total. The van der Waals surface area contributed by atoms with Crippen LogP contribution >= 0.6 is 11.8 Å². The van der Waals surface area contributed by atoms with E-state index in [2.05, 4.69) is 0 Å². The fourth-order valence-electron chi connectivity index (χ4n) is 1.71. The van der Waals surface area contributed by atoms with Gasteiger partial charge in [0.25, 0.3) is 0 Å². The van der Waals surface area contributed by atoms with Gasteiger partial charge in [0, 0.05) is 17.4 Å². The smallest absolute Gasteiger partial charge is 0.124 e. The van der Waals surface area contributed by atoms with Crippen LogP contribution in [0, 0.1) is 0 Å². The number of nitrogens with two attached hydrogens (primary N) is 1. The van der Waals surface area contributed by atoms with E-state index < -0.39 is 0 Å². The maximum absolute atomic E-state index is 6.21.